The Morgan fingerprint density at radius 1 is 0.810 bits per heavy atom. The van der Waals surface area contributed by atoms with Crippen LogP contribution in [-0.2, 0) is 13.1 Å². The molecule has 1 aromatic rings. The van der Waals surface area contributed by atoms with Gasteiger partial charge in [0.15, 0.2) is 0 Å². The maximum Gasteiger partial charge on any atom is 0.0208 e. The standard InChI is InChI=1S/C19H34N2/c1-2-3-4-5-6-7-8-9-12-15-21-17-19-14-11-10-13-18(19)16-20/h10-11,13-14,21H,2-9,12,15-17,20H2,1H3. The third kappa shape index (κ3) is 8.90. The van der Waals surface area contributed by atoms with Gasteiger partial charge in [-0.25, -0.2) is 0 Å². The molecule has 2 nitrogen and oxygen atoms in total. The summed E-state index contributed by atoms with van der Waals surface area (Å²) in [6.07, 6.45) is 12.5. The SMILES string of the molecule is CCCCCCCCCCCNCc1ccccc1CN. The minimum atomic E-state index is 0.635. The van der Waals surface area contributed by atoms with Crippen LogP contribution in [0.4, 0.5) is 0 Å². The monoisotopic (exact) mass is 290 g/mol. The van der Waals surface area contributed by atoms with Gasteiger partial charge in [-0.05, 0) is 24.1 Å². The van der Waals surface area contributed by atoms with Crippen LogP contribution in [0.3, 0.4) is 0 Å². The minimum Gasteiger partial charge on any atom is -0.326 e. The molecule has 0 radical (unpaired) electrons. The highest BCUT2D eigenvalue weighted by Gasteiger charge is 1.98. The Bertz CT molecular complexity index is 349. The lowest BCUT2D eigenvalue weighted by Crippen LogP contribution is -2.16. The highest BCUT2D eigenvalue weighted by Crippen LogP contribution is 2.10. The van der Waals surface area contributed by atoms with Crippen LogP contribution in [0, 0.1) is 0 Å². The summed E-state index contributed by atoms with van der Waals surface area (Å²) in [6.45, 7) is 4.98. The maximum absolute atomic E-state index is 5.75. The van der Waals surface area contributed by atoms with Gasteiger partial charge >= 0.3 is 0 Å². The number of hydrogen-bond donors (Lipinski definition) is 2. The highest BCUT2D eigenvalue weighted by molar-refractivity contribution is 5.26. The molecule has 0 aliphatic rings. The third-order valence-corrected chi connectivity index (χ3v) is 4.11. The van der Waals surface area contributed by atoms with Gasteiger partial charge in [0.1, 0.15) is 0 Å². The molecular weight excluding hydrogens is 256 g/mol. The van der Waals surface area contributed by atoms with Crippen LogP contribution in [0.1, 0.15) is 75.8 Å². The molecule has 0 aliphatic heterocycles. The van der Waals surface area contributed by atoms with E-state index < -0.39 is 0 Å². The zero-order valence-electron chi connectivity index (χ0n) is 13.9. The van der Waals surface area contributed by atoms with Crippen molar-refractivity contribution in [3.63, 3.8) is 0 Å². The van der Waals surface area contributed by atoms with Gasteiger partial charge in [-0.15, -0.1) is 0 Å². The molecule has 0 spiro atoms. The van der Waals surface area contributed by atoms with Crippen molar-refractivity contribution in [2.24, 2.45) is 5.73 Å². The Morgan fingerprint density at radius 2 is 1.38 bits per heavy atom. The minimum absolute atomic E-state index is 0.635. The van der Waals surface area contributed by atoms with Gasteiger partial charge in [0.2, 0.25) is 0 Å². The summed E-state index contributed by atoms with van der Waals surface area (Å²) in [6, 6.07) is 8.45. The zero-order valence-corrected chi connectivity index (χ0v) is 13.9. The summed E-state index contributed by atoms with van der Waals surface area (Å²) < 4.78 is 0. The van der Waals surface area contributed by atoms with E-state index in [0.717, 1.165) is 13.1 Å². The smallest absolute Gasteiger partial charge is 0.0208 e. The normalized spacial score (nSPS) is 11.0. The molecule has 1 rings (SSSR count). The molecule has 0 heterocycles. The van der Waals surface area contributed by atoms with Gasteiger partial charge < -0.3 is 11.1 Å². The van der Waals surface area contributed by atoms with E-state index in [1.807, 2.05) is 0 Å². The number of hydrogen-bond acceptors (Lipinski definition) is 2. The molecule has 0 aliphatic carbocycles. The Hall–Kier alpha value is -0.860. The molecule has 21 heavy (non-hydrogen) atoms. The second-order valence-corrected chi connectivity index (χ2v) is 5.98. The van der Waals surface area contributed by atoms with E-state index in [1.54, 1.807) is 0 Å². The highest BCUT2D eigenvalue weighted by atomic mass is 14.8. The summed E-state index contributed by atoms with van der Waals surface area (Å²) in [4.78, 5) is 0. The number of benzene rings is 1. The molecular formula is C19H34N2. The van der Waals surface area contributed by atoms with E-state index in [2.05, 4.69) is 36.5 Å². The lowest BCUT2D eigenvalue weighted by Gasteiger charge is -2.09. The molecule has 0 atom stereocenters. The van der Waals surface area contributed by atoms with Crippen molar-refractivity contribution in [2.45, 2.75) is 77.8 Å². The van der Waals surface area contributed by atoms with Crippen LogP contribution in [0.25, 0.3) is 0 Å². The van der Waals surface area contributed by atoms with E-state index in [9.17, 15) is 0 Å². The molecule has 0 aromatic heterocycles. The summed E-state index contributed by atoms with van der Waals surface area (Å²) in [5, 5.41) is 3.54. The first-order valence-electron chi connectivity index (χ1n) is 8.86. The van der Waals surface area contributed by atoms with E-state index >= 15 is 0 Å². The predicted octanol–water partition coefficient (Wildman–Crippen LogP) is 4.77. The van der Waals surface area contributed by atoms with Crippen LogP contribution in [0.2, 0.25) is 0 Å². The van der Waals surface area contributed by atoms with E-state index in [4.69, 9.17) is 5.73 Å². The third-order valence-electron chi connectivity index (χ3n) is 4.11. The summed E-state index contributed by atoms with van der Waals surface area (Å²) in [7, 11) is 0. The Balaban J connectivity index is 1.93. The van der Waals surface area contributed by atoms with Gasteiger partial charge in [-0.2, -0.15) is 0 Å². The quantitative estimate of drug-likeness (QED) is 0.514. The second kappa shape index (κ2) is 12.8. The summed E-state index contributed by atoms with van der Waals surface area (Å²) in [5.74, 6) is 0. The maximum atomic E-state index is 5.75. The fourth-order valence-electron chi connectivity index (χ4n) is 2.71. The lowest BCUT2D eigenvalue weighted by molar-refractivity contribution is 0.548. The average Bonchev–Trinajstić information content (AvgIpc) is 2.53. The average molecular weight is 290 g/mol. The van der Waals surface area contributed by atoms with E-state index in [0.29, 0.717) is 6.54 Å². The van der Waals surface area contributed by atoms with Gasteiger partial charge in [0.25, 0.3) is 0 Å². The first kappa shape index (κ1) is 18.2. The predicted molar refractivity (Wildman–Crippen MR) is 93.3 cm³/mol. The first-order valence-corrected chi connectivity index (χ1v) is 8.86. The van der Waals surface area contributed by atoms with Crippen LogP contribution >= 0.6 is 0 Å². The molecule has 120 valence electrons. The first-order chi connectivity index (χ1) is 10.4. The molecule has 2 heteroatoms. The lowest BCUT2D eigenvalue weighted by atomic mass is 10.1. The second-order valence-electron chi connectivity index (χ2n) is 5.98. The molecule has 1 aromatic carbocycles. The van der Waals surface area contributed by atoms with Crippen molar-refractivity contribution in [1.29, 1.82) is 0 Å². The summed E-state index contributed by atoms with van der Waals surface area (Å²) in [5.41, 5.74) is 8.36. The molecule has 3 N–H and O–H groups in total. The van der Waals surface area contributed by atoms with Crippen LogP contribution in [-0.4, -0.2) is 6.54 Å². The zero-order chi connectivity index (χ0) is 15.2. The molecule has 0 fully saturated rings. The molecule has 0 bridgehead atoms. The van der Waals surface area contributed by atoms with Crippen LogP contribution < -0.4 is 11.1 Å². The van der Waals surface area contributed by atoms with E-state index in [1.165, 1.54) is 68.9 Å². The molecule has 0 saturated heterocycles. The number of unbranched alkanes of at least 4 members (excludes halogenated alkanes) is 8. The van der Waals surface area contributed by atoms with Crippen LogP contribution in [0.15, 0.2) is 24.3 Å². The summed E-state index contributed by atoms with van der Waals surface area (Å²) >= 11 is 0. The Labute approximate surface area is 131 Å². The number of rotatable bonds is 13. The van der Waals surface area contributed by atoms with Crippen LogP contribution in [0.5, 0.6) is 0 Å². The van der Waals surface area contributed by atoms with Gasteiger partial charge in [0, 0.05) is 13.1 Å². The van der Waals surface area contributed by atoms with Gasteiger partial charge in [0.05, 0.1) is 0 Å². The van der Waals surface area contributed by atoms with E-state index in [-0.39, 0.29) is 0 Å². The number of nitrogens with two attached hydrogens (primary N) is 1. The van der Waals surface area contributed by atoms with Gasteiger partial charge in [-0.1, -0.05) is 82.6 Å². The topological polar surface area (TPSA) is 38.0 Å². The van der Waals surface area contributed by atoms with Crippen molar-refractivity contribution < 1.29 is 0 Å². The van der Waals surface area contributed by atoms with Crippen molar-refractivity contribution in [3.05, 3.63) is 35.4 Å². The fourth-order valence-corrected chi connectivity index (χ4v) is 2.71. The Morgan fingerprint density at radius 3 is 2.00 bits per heavy atom. The fraction of sp³-hybridized carbons (Fsp3) is 0.684. The van der Waals surface area contributed by atoms with Crippen molar-refractivity contribution in [2.75, 3.05) is 6.54 Å². The van der Waals surface area contributed by atoms with Crippen molar-refractivity contribution in [3.8, 4) is 0 Å². The number of nitrogens with one attached hydrogen (secondary N) is 1. The molecule has 0 amide bonds. The Kier molecular flexibility index (Phi) is 11.1. The largest absolute Gasteiger partial charge is 0.326 e. The van der Waals surface area contributed by atoms with Crippen molar-refractivity contribution >= 4 is 0 Å². The van der Waals surface area contributed by atoms with Crippen molar-refractivity contribution in [1.82, 2.24) is 5.32 Å². The molecule has 0 unspecified atom stereocenters. The van der Waals surface area contributed by atoms with Gasteiger partial charge in [-0.3, -0.25) is 0 Å². The molecule has 0 saturated carbocycles.